The predicted octanol–water partition coefficient (Wildman–Crippen LogP) is 5.32. The molecule has 9 heteroatoms. The molecule has 1 aromatic heterocycles. The average Bonchev–Trinajstić information content (AvgIpc) is 3.46. The minimum absolute atomic E-state index is 0.0241. The zero-order valence-electron chi connectivity index (χ0n) is 21.0. The highest BCUT2D eigenvalue weighted by molar-refractivity contribution is 7.22. The molecule has 2 aliphatic heterocycles. The number of Topliss-reactive ketones (excluding diaryl/α,β-unsaturated/α-hetero) is 1. The number of hydrogen-bond donors (Lipinski definition) is 1. The topological polar surface area (TPSA) is 98.2 Å². The van der Waals surface area contributed by atoms with Gasteiger partial charge in [0.05, 0.1) is 28.9 Å². The van der Waals surface area contributed by atoms with Crippen LogP contribution in [0.15, 0.2) is 60.2 Å². The Morgan fingerprint density at radius 3 is 2.50 bits per heavy atom. The van der Waals surface area contributed by atoms with Crippen molar-refractivity contribution in [2.45, 2.75) is 19.9 Å². The minimum Gasteiger partial charge on any atom is -0.507 e. The fourth-order valence-corrected chi connectivity index (χ4v) is 6.11. The summed E-state index contributed by atoms with van der Waals surface area (Å²) in [7, 11) is 1.56. The van der Waals surface area contributed by atoms with E-state index < -0.39 is 17.7 Å². The van der Waals surface area contributed by atoms with Crippen LogP contribution >= 0.6 is 11.3 Å². The molecule has 0 radical (unpaired) electrons. The number of fused-ring (bicyclic) bond motifs is 2. The summed E-state index contributed by atoms with van der Waals surface area (Å²) in [6, 6.07) is 15.2. The molecule has 4 aromatic rings. The second-order valence-corrected chi connectivity index (χ2v) is 10.2. The van der Waals surface area contributed by atoms with Crippen molar-refractivity contribution in [1.82, 2.24) is 4.98 Å². The summed E-state index contributed by atoms with van der Waals surface area (Å²) in [6.45, 7) is 4.78. The SMILES string of the molecule is COc1ccc([C@@H]2C(=C(O)c3ccc4c(c3)OCCO4)C(=O)C(=O)N2c2nc3c(C)cc(C)cc3s2)cc1. The van der Waals surface area contributed by atoms with Gasteiger partial charge in [0, 0.05) is 5.56 Å². The van der Waals surface area contributed by atoms with E-state index in [4.69, 9.17) is 19.2 Å². The standard InChI is InChI=1S/C29H24N2O6S/c1-15-12-16(2)24-22(13-15)38-29(30-24)31-25(17-4-7-19(35-3)8-5-17)23(27(33)28(31)34)26(32)18-6-9-20-21(14-18)37-11-10-36-20/h4-9,12-14,25,32H,10-11H2,1-3H3/t25-/m1/s1. The summed E-state index contributed by atoms with van der Waals surface area (Å²) in [5.41, 5.74) is 3.80. The Morgan fingerprint density at radius 1 is 1.03 bits per heavy atom. The van der Waals surface area contributed by atoms with Gasteiger partial charge in [0.2, 0.25) is 0 Å². The van der Waals surface area contributed by atoms with Crippen molar-refractivity contribution >= 4 is 44.1 Å². The van der Waals surface area contributed by atoms with Gasteiger partial charge in [0.15, 0.2) is 16.6 Å². The van der Waals surface area contributed by atoms with E-state index in [1.165, 1.54) is 16.2 Å². The zero-order chi connectivity index (χ0) is 26.6. The number of thiazole rings is 1. The Labute approximate surface area is 222 Å². The minimum atomic E-state index is -0.893. The van der Waals surface area contributed by atoms with Crippen molar-refractivity contribution in [3.8, 4) is 17.2 Å². The highest BCUT2D eigenvalue weighted by atomic mass is 32.1. The lowest BCUT2D eigenvalue weighted by Crippen LogP contribution is -2.29. The highest BCUT2D eigenvalue weighted by Gasteiger charge is 2.48. The smallest absolute Gasteiger partial charge is 0.301 e. The predicted molar refractivity (Wildman–Crippen MR) is 144 cm³/mol. The van der Waals surface area contributed by atoms with E-state index in [0.717, 1.165) is 21.3 Å². The quantitative estimate of drug-likeness (QED) is 0.218. The van der Waals surface area contributed by atoms with Crippen LogP contribution < -0.4 is 19.1 Å². The molecule has 0 saturated carbocycles. The summed E-state index contributed by atoms with van der Waals surface area (Å²) in [4.78, 5) is 33.2. The van der Waals surface area contributed by atoms with Gasteiger partial charge >= 0.3 is 5.91 Å². The van der Waals surface area contributed by atoms with E-state index in [0.29, 0.717) is 46.7 Å². The van der Waals surface area contributed by atoms with E-state index in [2.05, 4.69) is 0 Å². The Kier molecular flexibility index (Phi) is 5.80. The van der Waals surface area contributed by atoms with E-state index >= 15 is 0 Å². The van der Waals surface area contributed by atoms with Crippen molar-refractivity contribution in [2.75, 3.05) is 25.2 Å². The highest BCUT2D eigenvalue weighted by Crippen LogP contribution is 2.45. The van der Waals surface area contributed by atoms with Crippen molar-refractivity contribution in [3.63, 3.8) is 0 Å². The number of hydrogen-bond acceptors (Lipinski definition) is 8. The summed E-state index contributed by atoms with van der Waals surface area (Å²) in [5.74, 6) is -0.184. The van der Waals surface area contributed by atoms with Crippen molar-refractivity contribution in [2.24, 2.45) is 0 Å². The molecule has 0 bridgehead atoms. The monoisotopic (exact) mass is 528 g/mol. The molecule has 1 amide bonds. The molecule has 3 heterocycles. The first-order valence-electron chi connectivity index (χ1n) is 12.1. The number of nitrogens with zero attached hydrogens (tertiary/aromatic N) is 2. The molecule has 1 N–H and O–H groups in total. The molecule has 2 aliphatic rings. The molecular weight excluding hydrogens is 504 g/mol. The number of carbonyl (C=O) groups is 2. The van der Waals surface area contributed by atoms with Gasteiger partial charge in [0.25, 0.3) is 5.78 Å². The molecule has 0 aliphatic carbocycles. The number of carbonyl (C=O) groups excluding carboxylic acids is 2. The fourth-order valence-electron chi connectivity index (χ4n) is 4.94. The van der Waals surface area contributed by atoms with E-state index in [-0.39, 0.29) is 11.3 Å². The molecule has 38 heavy (non-hydrogen) atoms. The third-order valence-corrected chi connectivity index (χ3v) is 7.72. The molecule has 6 rings (SSSR count). The number of aryl methyl sites for hydroxylation is 2. The number of aliphatic hydroxyl groups excluding tert-OH is 1. The molecular formula is C29H24N2O6S. The average molecular weight is 529 g/mol. The van der Waals surface area contributed by atoms with Gasteiger partial charge in [-0.1, -0.05) is 29.5 Å². The second-order valence-electron chi connectivity index (χ2n) is 9.23. The van der Waals surface area contributed by atoms with Crippen molar-refractivity contribution in [1.29, 1.82) is 0 Å². The van der Waals surface area contributed by atoms with Gasteiger partial charge < -0.3 is 19.3 Å². The number of methoxy groups -OCH3 is 1. The van der Waals surface area contributed by atoms with Gasteiger partial charge in [-0.15, -0.1) is 0 Å². The number of aliphatic hydroxyl groups is 1. The summed E-state index contributed by atoms with van der Waals surface area (Å²) < 4.78 is 17.5. The lowest BCUT2D eigenvalue weighted by Gasteiger charge is -2.23. The number of aromatic nitrogens is 1. The van der Waals surface area contributed by atoms with Crippen LogP contribution in [-0.4, -0.2) is 42.1 Å². The summed E-state index contributed by atoms with van der Waals surface area (Å²) >= 11 is 1.34. The molecule has 3 aromatic carbocycles. The first-order valence-corrected chi connectivity index (χ1v) is 12.9. The van der Waals surface area contributed by atoms with E-state index in [9.17, 15) is 14.7 Å². The van der Waals surface area contributed by atoms with Crippen LogP contribution in [0.5, 0.6) is 17.2 Å². The normalized spacial score (nSPS) is 18.3. The Hall–Kier alpha value is -4.37. The third kappa shape index (κ3) is 3.86. The van der Waals surface area contributed by atoms with Crippen LogP contribution in [0.3, 0.4) is 0 Å². The molecule has 0 spiro atoms. The molecule has 0 unspecified atom stereocenters. The van der Waals surface area contributed by atoms with Gasteiger partial charge in [-0.25, -0.2) is 4.98 Å². The number of amides is 1. The number of ether oxygens (including phenoxy) is 3. The van der Waals surface area contributed by atoms with E-state index in [1.54, 1.807) is 49.6 Å². The maximum absolute atomic E-state index is 13.5. The molecule has 8 nitrogen and oxygen atoms in total. The van der Waals surface area contributed by atoms with Crippen LogP contribution in [0, 0.1) is 13.8 Å². The Bertz CT molecular complexity index is 1640. The lowest BCUT2D eigenvalue weighted by molar-refractivity contribution is -0.132. The van der Waals surface area contributed by atoms with Crippen LogP contribution in [0.1, 0.15) is 28.3 Å². The van der Waals surface area contributed by atoms with Crippen LogP contribution in [0.25, 0.3) is 16.0 Å². The summed E-state index contributed by atoms with van der Waals surface area (Å²) in [5, 5.41) is 11.9. The number of ketones is 1. The van der Waals surface area contributed by atoms with E-state index in [1.807, 2.05) is 26.0 Å². The maximum atomic E-state index is 13.5. The second kappa shape index (κ2) is 9.18. The number of benzene rings is 3. The van der Waals surface area contributed by atoms with Gasteiger partial charge in [-0.05, 0) is 66.9 Å². The Balaban J connectivity index is 1.54. The molecule has 192 valence electrons. The van der Waals surface area contributed by atoms with Gasteiger partial charge in [0.1, 0.15) is 24.7 Å². The molecule has 1 saturated heterocycles. The largest absolute Gasteiger partial charge is 0.507 e. The van der Waals surface area contributed by atoms with Crippen LogP contribution in [0.4, 0.5) is 5.13 Å². The van der Waals surface area contributed by atoms with Gasteiger partial charge in [-0.3, -0.25) is 14.5 Å². The van der Waals surface area contributed by atoms with Crippen LogP contribution in [-0.2, 0) is 9.59 Å². The first-order chi connectivity index (χ1) is 18.4. The van der Waals surface area contributed by atoms with Crippen LogP contribution in [0.2, 0.25) is 0 Å². The first kappa shape index (κ1) is 24.0. The van der Waals surface area contributed by atoms with Crippen molar-refractivity contribution < 1.29 is 28.9 Å². The third-order valence-electron chi connectivity index (χ3n) is 6.72. The summed E-state index contributed by atoms with van der Waals surface area (Å²) in [6.07, 6.45) is 0. The number of rotatable bonds is 4. The molecule has 1 fully saturated rings. The van der Waals surface area contributed by atoms with Gasteiger partial charge in [-0.2, -0.15) is 0 Å². The lowest BCUT2D eigenvalue weighted by atomic mass is 9.95. The zero-order valence-corrected chi connectivity index (χ0v) is 21.8. The van der Waals surface area contributed by atoms with Crippen molar-refractivity contribution in [3.05, 3.63) is 82.4 Å². The number of anilines is 1. The fraction of sp³-hybridized carbons (Fsp3) is 0.207. The Morgan fingerprint density at radius 2 is 1.76 bits per heavy atom. The molecule has 1 atom stereocenters. The maximum Gasteiger partial charge on any atom is 0.301 e.